The van der Waals surface area contributed by atoms with Crippen LogP contribution in [0.15, 0.2) is 78.9 Å². The lowest BCUT2D eigenvalue weighted by Gasteiger charge is -2.34. The van der Waals surface area contributed by atoms with E-state index >= 15 is 0 Å². The molecule has 0 N–H and O–H groups in total. The third-order valence-electron chi connectivity index (χ3n) is 5.86. The van der Waals surface area contributed by atoms with Crippen molar-refractivity contribution in [3.05, 3.63) is 95.6 Å². The highest BCUT2D eigenvalue weighted by atomic mass is 16.2. The zero-order chi connectivity index (χ0) is 21.0. The number of benzene rings is 3. The van der Waals surface area contributed by atoms with E-state index < -0.39 is 0 Å². The highest BCUT2D eigenvalue weighted by Crippen LogP contribution is 2.15. The monoisotopic (exact) mass is 411 g/mol. The Labute approximate surface area is 181 Å². The van der Waals surface area contributed by atoms with Gasteiger partial charge in [0.25, 0.3) is 5.91 Å². The van der Waals surface area contributed by atoms with Gasteiger partial charge < -0.3 is 4.90 Å². The molecule has 3 aromatic carbocycles. The highest BCUT2D eigenvalue weighted by molar-refractivity contribution is 5.94. The molecule has 156 valence electrons. The molecule has 0 atom stereocenters. The van der Waals surface area contributed by atoms with E-state index in [2.05, 4.69) is 39.5 Å². The molecule has 4 aromatic rings. The highest BCUT2D eigenvalue weighted by Gasteiger charge is 2.22. The van der Waals surface area contributed by atoms with Crippen molar-refractivity contribution in [2.24, 2.45) is 0 Å². The molecular formula is C25H25N5O. The average Bonchev–Trinajstić information content (AvgIpc) is 3.23. The minimum Gasteiger partial charge on any atom is -0.336 e. The fraction of sp³-hybridized carbons (Fsp3) is 0.240. The number of rotatable bonds is 5. The molecule has 1 aliphatic rings. The van der Waals surface area contributed by atoms with E-state index in [1.807, 2.05) is 64.2 Å². The number of hydrogen-bond donors (Lipinski definition) is 0. The zero-order valence-corrected chi connectivity index (χ0v) is 17.4. The third-order valence-corrected chi connectivity index (χ3v) is 5.86. The summed E-state index contributed by atoms with van der Waals surface area (Å²) in [6.07, 6.45) is 0. The second-order valence-corrected chi connectivity index (χ2v) is 7.99. The number of piperazine rings is 1. The van der Waals surface area contributed by atoms with Crippen molar-refractivity contribution in [2.45, 2.75) is 13.1 Å². The van der Waals surface area contributed by atoms with Crippen molar-refractivity contribution in [2.75, 3.05) is 26.2 Å². The Kier molecular flexibility index (Phi) is 5.46. The fourth-order valence-corrected chi connectivity index (χ4v) is 4.09. The molecule has 0 bridgehead atoms. The molecule has 5 rings (SSSR count). The third kappa shape index (κ3) is 4.34. The van der Waals surface area contributed by atoms with Crippen LogP contribution in [0.5, 0.6) is 0 Å². The molecule has 6 heteroatoms. The lowest BCUT2D eigenvalue weighted by molar-refractivity contribution is 0.0628. The van der Waals surface area contributed by atoms with Gasteiger partial charge in [0.05, 0.1) is 12.1 Å². The number of para-hydroxylation sites is 1. The maximum Gasteiger partial charge on any atom is 0.253 e. The smallest absolute Gasteiger partial charge is 0.253 e. The van der Waals surface area contributed by atoms with E-state index in [4.69, 9.17) is 0 Å². The summed E-state index contributed by atoms with van der Waals surface area (Å²) in [5.74, 6) is 0.108. The van der Waals surface area contributed by atoms with Crippen molar-refractivity contribution in [3.63, 3.8) is 0 Å². The second kappa shape index (κ2) is 8.70. The first-order valence-corrected chi connectivity index (χ1v) is 10.7. The molecule has 1 fully saturated rings. The van der Waals surface area contributed by atoms with E-state index in [-0.39, 0.29) is 5.91 Å². The Morgan fingerprint density at radius 1 is 0.742 bits per heavy atom. The second-order valence-electron chi connectivity index (χ2n) is 7.99. The van der Waals surface area contributed by atoms with Gasteiger partial charge in [-0.2, -0.15) is 0 Å². The summed E-state index contributed by atoms with van der Waals surface area (Å²) >= 11 is 0. The van der Waals surface area contributed by atoms with Crippen molar-refractivity contribution in [3.8, 4) is 0 Å². The summed E-state index contributed by atoms with van der Waals surface area (Å²) in [5, 5.41) is 8.45. The molecule has 1 saturated heterocycles. The SMILES string of the molecule is O=C(c1ccc(Cn2nnc3ccccc32)cc1)N1CCN(Cc2ccccc2)CC1. The van der Waals surface area contributed by atoms with Crippen LogP contribution >= 0.6 is 0 Å². The van der Waals surface area contributed by atoms with Crippen LogP contribution in [0.3, 0.4) is 0 Å². The summed E-state index contributed by atoms with van der Waals surface area (Å²) in [5.41, 5.74) is 5.05. The Bertz CT molecular complexity index is 1160. The summed E-state index contributed by atoms with van der Waals surface area (Å²) in [6.45, 7) is 4.90. The molecule has 0 saturated carbocycles. The van der Waals surface area contributed by atoms with E-state index in [0.717, 1.165) is 54.9 Å². The van der Waals surface area contributed by atoms with Gasteiger partial charge in [0.15, 0.2) is 0 Å². The molecule has 0 aliphatic carbocycles. The molecule has 0 spiro atoms. The van der Waals surface area contributed by atoms with Crippen molar-refractivity contribution >= 4 is 16.9 Å². The molecule has 1 aliphatic heterocycles. The van der Waals surface area contributed by atoms with Gasteiger partial charge in [-0.25, -0.2) is 4.68 Å². The molecule has 31 heavy (non-hydrogen) atoms. The molecule has 1 amide bonds. The summed E-state index contributed by atoms with van der Waals surface area (Å²) in [4.78, 5) is 17.3. The van der Waals surface area contributed by atoms with Crippen molar-refractivity contribution < 1.29 is 4.79 Å². The van der Waals surface area contributed by atoms with Gasteiger partial charge >= 0.3 is 0 Å². The number of carbonyl (C=O) groups is 1. The number of hydrogen-bond acceptors (Lipinski definition) is 4. The van der Waals surface area contributed by atoms with Gasteiger partial charge in [-0.3, -0.25) is 9.69 Å². The van der Waals surface area contributed by atoms with Crippen LogP contribution in [-0.2, 0) is 13.1 Å². The summed E-state index contributed by atoms with van der Waals surface area (Å²) in [6, 6.07) is 26.3. The zero-order valence-electron chi connectivity index (χ0n) is 17.4. The molecule has 2 heterocycles. The van der Waals surface area contributed by atoms with Crippen molar-refractivity contribution in [1.29, 1.82) is 0 Å². The van der Waals surface area contributed by atoms with Crippen LogP contribution in [0.1, 0.15) is 21.5 Å². The van der Waals surface area contributed by atoms with Crippen LogP contribution in [-0.4, -0.2) is 56.9 Å². The number of amides is 1. The van der Waals surface area contributed by atoms with Crippen LogP contribution < -0.4 is 0 Å². The number of carbonyl (C=O) groups excluding carboxylic acids is 1. The Morgan fingerprint density at radius 2 is 1.42 bits per heavy atom. The van der Waals surface area contributed by atoms with E-state index in [1.165, 1.54) is 5.56 Å². The Hall–Kier alpha value is -3.51. The van der Waals surface area contributed by atoms with Gasteiger partial charge in [0.2, 0.25) is 0 Å². The minimum absolute atomic E-state index is 0.108. The van der Waals surface area contributed by atoms with E-state index in [1.54, 1.807) is 0 Å². The average molecular weight is 412 g/mol. The maximum atomic E-state index is 12.9. The normalized spacial score (nSPS) is 14.8. The Balaban J connectivity index is 1.19. The van der Waals surface area contributed by atoms with Crippen molar-refractivity contribution in [1.82, 2.24) is 24.8 Å². The first kappa shape index (κ1) is 19.5. The fourth-order valence-electron chi connectivity index (χ4n) is 4.09. The lowest BCUT2D eigenvalue weighted by atomic mass is 10.1. The van der Waals surface area contributed by atoms with Gasteiger partial charge in [0.1, 0.15) is 5.52 Å². The molecule has 6 nitrogen and oxygen atoms in total. The van der Waals surface area contributed by atoms with Crippen LogP contribution in [0.4, 0.5) is 0 Å². The maximum absolute atomic E-state index is 12.9. The predicted molar refractivity (Wildman–Crippen MR) is 121 cm³/mol. The van der Waals surface area contributed by atoms with E-state index in [0.29, 0.717) is 6.54 Å². The molecule has 1 aromatic heterocycles. The molecule has 0 unspecified atom stereocenters. The largest absolute Gasteiger partial charge is 0.336 e. The number of fused-ring (bicyclic) bond motifs is 1. The quantitative estimate of drug-likeness (QED) is 0.505. The van der Waals surface area contributed by atoms with Gasteiger partial charge in [-0.1, -0.05) is 59.8 Å². The van der Waals surface area contributed by atoms with E-state index in [9.17, 15) is 4.79 Å². The number of nitrogens with zero attached hydrogens (tertiary/aromatic N) is 5. The topological polar surface area (TPSA) is 54.3 Å². The van der Waals surface area contributed by atoms with Crippen LogP contribution in [0, 0.1) is 0 Å². The first-order chi connectivity index (χ1) is 15.3. The van der Waals surface area contributed by atoms with Gasteiger partial charge in [-0.15, -0.1) is 5.10 Å². The summed E-state index contributed by atoms with van der Waals surface area (Å²) in [7, 11) is 0. The van der Waals surface area contributed by atoms with Gasteiger partial charge in [0, 0.05) is 38.3 Å². The van der Waals surface area contributed by atoms with Crippen LogP contribution in [0.2, 0.25) is 0 Å². The van der Waals surface area contributed by atoms with Gasteiger partial charge in [-0.05, 0) is 35.4 Å². The predicted octanol–water partition coefficient (Wildman–Crippen LogP) is 3.44. The first-order valence-electron chi connectivity index (χ1n) is 10.7. The molecular weight excluding hydrogens is 386 g/mol. The lowest BCUT2D eigenvalue weighted by Crippen LogP contribution is -2.48. The number of aromatic nitrogens is 3. The van der Waals surface area contributed by atoms with Crippen LogP contribution in [0.25, 0.3) is 11.0 Å². The molecule has 0 radical (unpaired) electrons. The minimum atomic E-state index is 0.108. The Morgan fingerprint density at radius 3 is 2.19 bits per heavy atom. The standard InChI is InChI=1S/C25H25N5O/c31-25(29-16-14-28(15-17-29)18-20-6-2-1-3-7-20)22-12-10-21(11-13-22)19-30-24-9-5-4-8-23(24)26-27-30/h1-13H,14-19H2. The summed E-state index contributed by atoms with van der Waals surface area (Å²) < 4.78 is 1.89.